The normalized spacial score (nSPS) is 15.1. The summed E-state index contributed by atoms with van der Waals surface area (Å²) in [6, 6.07) is 13.5. The van der Waals surface area contributed by atoms with Crippen LogP contribution >= 0.6 is 0 Å². The highest BCUT2D eigenvalue weighted by atomic mass is 16.6. The van der Waals surface area contributed by atoms with E-state index in [9.17, 15) is 4.79 Å². The van der Waals surface area contributed by atoms with Crippen molar-refractivity contribution in [2.75, 3.05) is 0 Å². The molecule has 0 saturated carbocycles. The number of nitrogens with two attached hydrogens (primary N) is 1. The molecule has 130 valence electrons. The van der Waals surface area contributed by atoms with E-state index in [-0.39, 0.29) is 12.2 Å². The van der Waals surface area contributed by atoms with Gasteiger partial charge in [0.25, 0.3) is 0 Å². The standard InChI is InChI=1S/C20H27NO3/c1-13(2)11-19(15(4)23-20(22)14(3)21)24-18-10-9-16-7-5-6-8-17(16)12-18/h5-10,12-15,19H,11,21H2,1-4H3/t14-,15-,19+/m0/s1. The van der Waals surface area contributed by atoms with Gasteiger partial charge in [0.15, 0.2) is 0 Å². The van der Waals surface area contributed by atoms with Crippen molar-refractivity contribution in [1.82, 2.24) is 0 Å². The zero-order valence-corrected chi connectivity index (χ0v) is 14.9. The van der Waals surface area contributed by atoms with Crippen molar-refractivity contribution >= 4 is 16.7 Å². The molecule has 0 aliphatic heterocycles. The van der Waals surface area contributed by atoms with Gasteiger partial charge in [-0.1, -0.05) is 44.2 Å². The number of benzene rings is 2. The quantitative estimate of drug-likeness (QED) is 0.782. The number of fused-ring (bicyclic) bond motifs is 1. The van der Waals surface area contributed by atoms with E-state index in [0.29, 0.717) is 5.92 Å². The van der Waals surface area contributed by atoms with Gasteiger partial charge in [0.1, 0.15) is 24.0 Å². The molecule has 0 heterocycles. The molecule has 0 fully saturated rings. The van der Waals surface area contributed by atoms with E-state index in [1.807, 2.05) is 37.3 Å². The Morgan fingerprint density at radius 2 is 1.71 bits per heavy atom. The molecule has 0 aliphatic rings. The lowest BCUT2D eigenvalue weighted by molar-refractivity contribution is -0.154. The molecule has 0 saturated heterocycles. The fraction of sp³-hybridized carbons (Fsp3) is 0.450. The lowest BCUT2D eigenvalue weighted by Gasteiger charge is -2.27. The average molecular weight is 329 g/mol. The smallest absolute Gasteiger partial charge is 0.323 e. The summed E-state index contributed by atoms with van der Waals surface area (Å²) in [4.78, 5) is 11.8. The molecule has 2 N–H and O–H groups in total. The van der Waals surface area contributed by atoms with Crippen molar-refractivity contribution in [3.05, 3.63) is 42.5 Å². The maximum Gasteiger partial charge on any atom is 0.323 e. The first-order chi connectivity index (χ1) is 11.4. The molecule has 0 bridgehead atoms. The number of hydrogen-bond donors (Lipinski definition) is 1. The Morgan fingerprint density at radius 3 is 2.33 bits per heavy atom. The average Bonchev–Trinajstić information content (AvgIpc) is 2.53. The molecule has 0 aliphatic carbocycles. The van der Waals surface area contributed by atoms with Crippen molar-refractivity contribution in [3.63, 3.8) is 0 Å². The van der Waals surface area contributed by atoms with Gasteiger partial charge in [-0.05, 0) is 49.1 Å². The van der Waals surface area contributed by atoms with Crippen LogP contribution in [0, 0.1) is 5.92 Å². The molecule has 4 nitrogen and oxygen atoms in total. The predicted octanol–water partition coefficient (Wildman–Crippen LogP) is 3.91. The monoisotopic (exact) mass is 329 g/mol. The first-order valence-corrected chi connectivity index (χ1v) is 8.48. The first-order valence-electron chi connectivity index (χ1n) is 8.48. The second-order valence-corrected chi connectivity index (χ2v) is 6.73. The highest BCUT2D eigenvalue weighted by Crippen LogP contribution is 2.24. The Bertz CT molecular complexity index is 681. The van der Waals surface area contributed by atoms with Gasteiger partial charge in [-0.15, -0.1) is 0 Å². The predicted molar refractivity (Wildman–Crippen MR) is 97.0 cm³/mol. The highest BCUT2D eigenvalue weighted by molar-refractivity contribution is 5.83. The summed E-state index contributed by atoms with van der Waals surface area (Å²) in [5.41, 5.74) is 5.59. The Hall–Kier alpha value is -2.07. The maximum atomic E-state index is 11.8. The van der Waals surface area contributed by atoms with Crippen molar-refractivity contribution < 1.29 is 14.3 Å². The van der Waals surface area contributed by atoms with Gasteiger partial charge in [0.05, 0.1) is 0 Å². The third kappa shape index (κ3) is 4.96. The Labute approximate surface area is 143 Å². The molecular formula is C20H27NO3. The van der Waals surface area contributed by atoms with Crippen LogP contribution in [-0.4, -0.2) is 24.2 Å². The number of carbonyl (C=O) groups is 1. The maximum absolute atomic E-state index is 11.8. The largest absolute Gasteiger partial charge is 0.487 e. The molecule has 2 rings (SSSR count). The van der Waals surface area contributed by atoms with Gasteiger partial charge in [0.2, 0.25) is 0 Å². The molecule has 0 aromatic heterocycles. The molecular weight excluding hydrogens is 302 g/mol. The number of hydrogen-bond acceptors (Lipinski definition) is 4. The van der Waals surface area contributed by atoms with Gasteiger partial charge in [-0.3, -0.25) is 4.79 Å². The summed E-state index contributed by atoms with van der Waals surface area (Å²) < 4.78 is 11.6. The van der Waals surface area contributed by atoms with Gasteiger partial charge in [-0.2, -0.15) is 0 Å². The van der Waals surface area contributed by atoms with Gasteiger partial charge < -0.3 is 15.2 Å². The lowest BCUT2D eigenvalue weighted by atomic mass is 10.0. The van der Waals surface area contributed by atoms with Crippen LogP contribution in [0.1, 0.15) is 34.1 Å². The van der Waals surface area contributed by atoms with Crippen LogP contribution in [0.5, 0.6) is 5.75 Å². The summed E-state index contributed by atoms with van der Waals surface area (Å²) in [6.45, 7) is 7.72. The van der Waals surface area contributed by atoms with Crippen molar-refractivity contribution in [1.29, 1.82) is 0 Å². The van der Waals surface area contributed by atoms with Crippen LogP contribution in [0.25, 0.3) is 10.8 Å². The third-order valence-corrected chi connectivity index (χ3v) is 3.91. The Morgan fingerprint density at radius 1 is 1.04 bits per heavy atom. The fourth-order valence-corrected chi connectivity index (χ4v) is 2.58. The van der Waals surface area contributed by atoms with Crippen LogP contribution in [0.3, 0.4) is 0 Å². The highest BCUT2D eigenvalue weighted by Gasteiger charge is 2.25. The van der Waals surface area contributed by atoms with Gasteiger partial charge >= 0.3 is 5.97 Å². The SMILES string of the molecule is CC(C)C[C@@H](Oc1ccc2ccccc2c1)[C@H](C)OC(=O)[C@H](C)N. The number of ether oxygens (including phenoxy) is 2. The summed E-state index contributed by atoms with van der Waals surface area (Å²) in [5, 5.41) is 2.29. The minimum absolute atomic E-state index is 0.214. The summed E-state index contributed by atoms with van der Waals surface area (Å²) in [6.07, 6.45) is 0.214. The molecule has 3 atom stereocenters. The van der Waals surface area contributed by atoms with Crippen molar-refractivity contribution in [2.24, 2.45) is 11.7 Å². The topological polar surface area (TPSA) is 61.5 Å². The van der Waals surface area contributed by atoms with Gasteiger partial charge in [-0.25, -0.2) is 0 Å². The van der Waals surface area contributed by atoms with E-state index >= 15 is 0 Å². The minimum atomic E-state index is -0.632. The third-order valence-electron chi connectivity index (χ3n) is 3.91. The van der Waals surface area contributed by atoms with E-state index in [2.05, 4.69) is 26.0 Å². The van der Waals surface area contributed by atoms with Crippen LogP contribution in [0.2, 0.25) is 0 Å². The molecule has 24 heavy (non-hydrogen) atoms. The second kappa shape index (κ2) is 8.15. The molecule has 2 aromatic carbocycles. The van der Waals surface area contributed by atoms with Crippen molar-refractivity contribution in [3.8, 4) is 5.75 Å². The minimum Gasteiger partial charge on any atom is -0.487 e. The molecule has 0 amide bonds. The van der Waals surface area contributed by atoms with Crippen LogP contribution < -0.4 is 10.5 Å². The first kappa shape index (κ1) is 18.3. The van der Waals surface area contributed by atoms with Crippen LogP contribution in [-0.2, 0) is 9.53 Å². The lowest BCUT2D eigenvalue weighted by Crippen LogP contribution is -2.39. The zero-order chi connectivity index (χ0) is 17.7. The summed E-state index contributed by atoms with van der Waals surface area (Å²) >= 11 is 0. The van der Waals surface area contributed by atoms with Crippen molar-refractivity contribution in [2.45, 2.75) is 52.4 Å². The van der Waals surface area contributed by atoms with E-state index in [0.717, 1.165) is 17.6 Å². The number of esters is 1. The number of carbonyl (C=O) groups excluding carboxylic acids is 1. The molecule has 0 unspecified atom stereocenters. The Balaban J connectivity index is 2.15. The number of rotatable bonds is 7. The fourth-order valence-electron chi connectivity index (χ4n) is 2.58. The molecule has 0 radical (unpaired) electrons. The zero-order valence-electron chi connectivity index (χ0n) is 14.9. The molecule has 0 spiro atoms. The second-order valence-electron chi connectivity index (χ2n) is 6.73. The van der Waals surface area contributed by atoms with E-state index in [1.54, 1.807) is 6.92 Å². The van der Waals surface area contributed by atoms with E-state index in [1.165, 1.54) is 5.39 Å². The van der Waals surface area contributed by atoms with Crippen LogP contribution in [0.4, 0.5) is 0 Å². The van der Waals surface area contributed by atoms with Crippen LogP contribution in [0.15, 0.2) is 42.5 Å². The van der Waals surface area contributed by atoms with Gasteiger partial charge in [0, 0.05) is 0 Å². The molecule has 4 heteroatoms. The summed E-state index contributed by atoms with van der Waals surface area (Å²) in [7, 11) is 0. The van der Waals surface area contributed by atoms with E-state index < -0.39 is 12.0 Å². The molecule has 2 aromatic rings. The van der Waals surface area contributed by atoms with E-state index in [4.69, 9.17) is 15.2 Å². The summed E-state index contributed by atoms with van der Waals surface area (Å²) in [5.74, 6) is 0.799. The Kier molecular flexibility index (Phi) is 6.21.